The maximum atomic E-state index is 13.0. The normalized spacial score (nSPS) is 11.5. The second-order valence-electron chi connectivity index (χ2n) is 7.45. The summed E-state index contributed by atoms with van der Waals surface area (Å²) < 4.78 is 4.40. The zero-order valence-corrected chi connectivity index (χ0v) is 19.0. The summed E-state index contributed by atoms with van der Waals surface area (Å²) in [6.07, 6.45) is 2.73. The number of rotatable bonds is 9. The van der Waals surface area contributed by atoms with Crippen molar-refractivity contribution in [2.75, 3.05) is 0 Å². The van der Waals surface area contributed by atoms with Gasteiger partial charge in [-0.1, -0.05) is 37.1 Å². The Labute approximate surface area is 192 Å². The van der Waals surface area contributed by atoms with Gasteiger partial charge in [0, 0.05) is 31.1 Å². The van der Waals surface area contributed by atoms with Crippen LogP contribution in [0.1, 0.15) is 37.6 Å². The van der Waals surface area contributed by atoms with Crippen LogP contribution in [0.3, 0.4) is 0 Å². The van der Waals surface area contributed by atoms with Crippen molar-refractivity contribution >= 4 is 34.4 Å². The number of benzene rings is 1. The molecule has 0 bridgehead atoms. The van der Waals surface area contributed by atoms with Gasteiger partial charge in [0.05, 0.1) is 0 Å². The number of halogens is 2. The standard InChI is InChI=1S/C20H22Cl2N8O2/c1-2-3-9-28-17-16(23-19(22)24-17)18(31)29(20(28)32)10-4-11-30-15(25-26-27-30)12-13-5-7-14(21)8-6-13/h5-8H,2-4,9-12H2,1H3,(H,23,24). The van der Waals surface area contributed by atoms with Crippen molar-refractivity contribution < 1.29 is 0 Å². The molecule has 0 atom stereocenters. The zero-order valence-electron chi connectivity index (χ0n) is 17.5. The van der Waals surface area contributed by atoms with Gasteiger partial charge in [0.15, 0.2) is 17.0 Å². The van der Waals surface area contributed by atoms with E-state index in [0.29, 0.717) is 42.4 Å². The number of nitrogens with one attached hydrogen (secondary N) is 1. The Morgan fingerprint density at radius 2 is 1.75 bits per heavy atom. The highest BCUT2D eigenvalue weighted by Gasteiger charge is 2.17. The summed E-state index contributed by atoms with van der Waals surface area (Å²) in [4.78, 5) is 32.8. The molecular weight excluding hydrogens is 455 g/mol. The molecule has 4 aromatic rings. The Bertz CT molecular complexity index is 1340. The summed E-state index contributed by atoms with van der Waals surface area (Å²) in [5.41, 5.74) is 0.728. The minimum absolute atomic E-state index is 0.0834. The first-order valence-electron chi connectivity index (χ1n) is 10.4. The molecule has 0 saturated heterocycles. The quantitative estimate of drug-likeness (QED) is 0.371. The molecule has 10 nitrogen and oxygen atoms in total. The van der Waals surface area contributed by atoms with Crippen LogP contribution in [0.15, 0.2) is 33.9 Å². The highest BCUT2D eigenvalue weighted by Crippen LogP contribution is 2.13. The van der Waals surface area contributed by atoms with E-state index >= 15 is 0 Å². The predicted octanol–water partition coefficient (Wildman–Crippen LogP) is 2.66. The Morgan fingerprint density at radius 3 is 2.50 bits per heavy atom. The number of aryl methyl sites for hydroxylation is 2. The van der Waals surface area contributed by atoms with E-state index < -0.39 is 11.2 Å². The molecule has 3 heterocycles. The van der Waals surface area contributed by atoms with Gasteiger partial charge in [-0.2, -0.15) is 4.98 Å². The van der Waals surface area contributed by atoms with E-state index in [2.05, 4.69) is 25.5 Å². The van der Waals surface area contributed by atoms with E-state index in [4.69, 9.17) is 23.2 Å². The van der Waals surface area contributed by atoms with E-state index in [1.165, 1.54) is 9.13 Å². The molecule has 0 amide bonds. The van der Waals surface area contributed by atoms with E-state index in [0.717, 1.165) is 18.4 Å². The van der Waals surface area contributed by atoms with E-state index in [1.807, 2.05) is 31.2 Å². The van der Waals surface area contributed by atoms with Gasteiger partial charge in [-0.3, -0.25) is 13.9 Å². The summed E-state index contributed by atoms with van der Waals surface area (Å²) in [6, 6.07) is 7.48. The predicted molar refractivity (Wildman–Crippen MR) is 121 cm³/mol. The van der Waals surface area contributed by atoms with Crippen molar-refractivity contribution in [2.24, 2.45) is 0 Å². The summed E-state index contributed by atoms with van der Waals surface area (Å²) in [5, 5.41) is 12.6. The maximum Gasteiger partial charge on any atom is 0.332 e. The average Bonchev–Trinajstić information content (AvgIpc) is 3.38. The molecule has 168 valence electrons. The number of hydrogen-bond donors (Lipinski definition) is 1. The molecule has 0 unspecified atom stereocenters. The number of H-pyrrole nitrogens is 1. The van der Waals surface area contributed by atoms with Gasteiger partial charge in [-0.05, 0) is 52.6 Å². The summed E-state index contributed by atoms with van der Waals surface area (Å²) in [5.74, 6) is 0.691. The second-order valence-corrected chi connectivity index (χ2v) is 8.24. The molecule has 0 aliphatic carbocycles. The van der Waals surface area contributed by atoms with Crippen molar-refractivity contribution in [3.63, 3.8) is 0 Å². The molecule has 32 heavy (non-hydrogen) atoms. The largest absolute Gasteiger partial charge is 0.332 e. The number of fused-ring (bicyclic) bond motifs is 1. The first-order valence-corrected chi connectivity index (χ1v) is 11.1. The molecule has 0 spiro atoms. The van der Waals surface area contributed by atoms with Crippen LogP contribution in [0.4, 0.5) is 0 Å². The minimum Gasteiger partial charge on any atom is -0.323 e. The number of aromatic amines is 1. The molecule has 0 saturated carbocycles. The molecule has 0 aliphatic rings. The number of aromatic nitrogens is 8. The third kappa shape index (κ3) is 4.61. The fourth-order valence-corrected chi connectivity index (χ4v) is 3.84. The molecule has 0 radical (unpaired) electrons. The Balaban J connectivity index is 1.53. The molecule has 1 N–H and O–H groups in total. The Morgan fingerprint density at radius 1 is 1.00 bits per heavy atom. The lowest BCUT2D eigenvalue weighted by Gasteiger charge is -2.11. The smallest absolute Gasteiger partial charge is 0.323 e. The maximum absolute atomic E-state index is 13.0. The first-order chi connectivity index (χ1) is 15.5. The van der Waals surface area contributed by atoms with Gasteiger partial charge in [0.25, 0.3) is 5.56 Å². The van der Waals surface area contributed by atoms with Crippen LogP contribution >= 0.6 is 23.2 Å². The van der Waals surface area contributed by atoms with Crippen molar-refractivity contribution in [1.29, 1.82) is 0 Å². The molecule has 3 aromatic heterocycles. The number of hydrogen-bond acceptors (Lipinski definition) is 6. The third-order valence-corrected chi connectivity index (χ3v) is 5.63. The van der Waals surface area contributed by atoms with Gasteiger partial charge in [-0.15, -0.1) is 5.10 Å². The summed E-state index contributed by atoms with van der Waals surface area (Å²) >= 11 is 11.9. The van der Waals surface area contributed by atoms with Crippen molar-refractivity contribution in [3.8, 4) is 0 Å². The van der Waals surface area contributed by atoms with Gasteiger partial charge in [0.1, 0.15) is 0 Å². The number of imidazole rings is 1. The van der Waals surface area contributed by atoms with Crippen LogP contribution in [0.2, 0.25) is 10.3 Å². The van der Waals surface area contributed by atoms with Crippen LogP contribution < -0.4 is 11.2 Å². The Kier molecular flexibility index (Phi) is 6.71. The number of tetrazole rings is 1. The van der Waals surface area contributed by atoms with Gasteiger partial charge in [0.2, 0.25) is 5.28 Å². The molecular formula is C20H22Cl2N8O2. The third-order valence-electron chi connectivity index (χ3n) is 5.20. The van der Waals surface area contributed by atoms with Crippen molar-refractivity contribution in [3.05, 3.63) is 66.8 Å². The molecule has 0 aliphatic heterocycles. The number of unbranched alkanes of at least 4 members (excludes halogenated alkanes) is 1. The van der Waals surface area contributed by atoms with Crippen LogP contribution in [0.5, 0.6) is 0 Å². The van der Waals surface area contributed by atoms with Crippen LogP contribution in [-0.2, 0) is 26.1 Å². The van der Waals surface area contributed by atoms with Crippen LogP contribution in [0, 0.1) is 0 Å². The lowest BCUT2D eigenvalue weighted by Crippen LogP contribution is -2.40. The monoisotopic (exact) mass is 476 g/mol. The van der Waals surface area contributed by atoms with Gasteiger partial charge in [-0.25, -0.2) is 9.48 Å². The van der Waals surface area contributed by atoms with E-state index in [-0.39, 0.29) is 17.3 Å². The molecule has 0 fully saturated rings. The fraction of sp³-hybridized carbons (Fsp3) is 0.400. The Hall–Kier alpha value is -2.98. The van der Waals surface area contributed by atoms with Gasteiger partial charge >= 0.3 is 5.69 Å². The fourth-order valence-electron chi connectivity index (χ4n) is 3.54. The van der Waals surface area contributed by atoms with E-state index in [1.54, 1.807) is 4.68 Å². The average molecular weight is 477 g/mol. The van der Waals surface area contributed by atoms with E-state index in [9.17, 15) is 9.59 Å². The summed E-state index contributed by atoms with van der Waals surface area (Å²) in [7, 11) is 0. The highest BCUT2D eigenvalue weighted by atomic mass is 35.5. The lowest BCUT2D eigenvalue weighted by atomic mass is 10.1. The zero-order chi connectivity index (χ0) is 22.7. The van der Waals surface area contributed by atoms with Gasteiger partial charge < -0.3 is 4.98 Å². The van der Waals surface area contributed by atoms with Crippen LogP contribution in [0.25, 0.3) is 11.2 Å². The molecule has 1 aromatic carbocycles. The first kappa shape index (κ1) is 22.2. The van der Waals surface area contributed by atoms with Crippen LogP contribution in [-0.4, -0.2) is 39.3 Å². The topological polar surface area (TPSA) is 116 Å². The molecule has 4 rings (SSSR count). The number of nitrogens with zero attached hydrogens (tertiary/aromatic N) is 7. The summed E-state index contributed by atoms with van der Waals surface area (Å²) in [6.45, 7) is 3.17. The molecule has 12 heteroatoms. The highest BCUT2D eigenvalue weighted by molar-refractivity contribution is 6.30. The minimum atomic E-state index is -0.435. The van der Waals surface area contributed by atoms with Crippen molar-refractivity contribution in [2.45, 2.75) is 52.2 Å². The SMILES string of the molecule is CCCCn1c(=O)n(CCCn2nnnc2Cc2ccc(Cl)cc2)c(=O)c2[nH]c(Cl)nc21. The second kappa shape index (κ2) is 9.66. The van der Waals surface area contributed by atoms with Crippen molar-refractivity contribution in [1.82, 2.24) is 39.3 Å². The lowest BCUT2D eigenvalue weighted by molar-refractivity contribution is 0.475.